The molecule has 0 unspecified atom stereocenters. The molecule has 0 spiro atoms. The molecule has 8 nitrogen and oxygen atoms in total. The summed E-state index contributed by atoms with van der Waals surface area (Å²) in [5, 5.41) is 10.9. The molecule has 31 heavy (non-hydrogen) atoms. The van der Waals surface area contributed by atoms with Crippen LogP contribution >= 0.6 is 11.8 Å². The lowest BCUT2D eigenvalue weighted by Crippen LogP contribution is -2.36. The minimum absolute atomic E-state index is 0.121. The third-order valence-corrected chi connectivity index (χ3v) is 5.43. The number of carboxylic acids is 1. The minimum atomic E-state index is -1.13. The van der Waals surface area contributed by atoms with Gasteiger partial charge in [-0.1, -0.05) is 24.3 Å². The van der Waals surface area contributed by atoms with Crippen LogP contribution in [0, 0.1) is 13.8 Å². The van der Waals surface area contributed by atoms with Crippen LogP contribution in [0.3, 0.4) is 0 Å². The molecular weight excluding hydrogens is 420 g/mol. The average Bonchev–Trinajstić information content (AvgIpc) is 2.97. The van der Waals surface area contributed by atoms with E-state index in [9.17, 15) is 19.2 Å². The summed E-state index contributed by atoms with van der Waals surface area (Å²) >= 11 is 0.709. The van der Waals surface area contributed by atoms with Gasteiger partial charge in [0.25, 0.3) is 11.1 Å². The fourth-order valence-electron chi connectivity index (χ4n) is 2.81. The van der Waals surface area contributed by atoms with Crippen molar-refractivity contribution in [2.45, 2.75) is 13.8 Å². The molecule has 1 aliphatic heterocycles. The van der Waals surface area contributed by atoms with Crippen LogP contribution in [0.1, 0.15) is 16.7 Å². The van der Waals surface area contributed by atoms with Crippen molar-refractivity contribution in [3.8, 4) is 5.75 Å². The van der Waals surface area contributed by atoms with Crippen LogP contribution in [-0.2, 0) is 14.4 Å². The van der Waals surface area contributed by atoms with Crippen molar-refractivity contribution in [2.75, 3.05) is 18.5 Å². The quantitative estimate of drug-likeness (QED) is 0.634. The number of thioether (sulfide) groups is 1. The van der Waals surface area contributed by atoms with Crippen LogP contribution in [0.5, 0.6) is 5.75 Å². The molecule has 1 aliphatic rings. The zero-order valence-corrected chi connectivity index (χ0v) is 17.7. The van der Waals surface area contributed by atoms with Gasteiger partial charge < -0.3 is 15.2 Å². The number of para-hydroxylation sites is 1. The van der Waals surface area contributed by atoms with E-state index in [4.69, 9.17) is 9.84 Å². The van der Waals surface area contributed by atoms with E-state index in [0.29, 0.717) is 23.0 Å². The topological polar surface area (TPSA) is 113 Å². The monoisotopic (exact) mass is 440 g/mol. The Hall–Kier alpha value is -3.59. The minimum Gasteiger partial charge on any atom is -0.481 e. The second-order valence-corrected chi connectivity index (χ2v) is 7.83. The van der Waals surface area contributed by atoms with E-state index in [0.717, 1.165) is 16.0 Å². The largest absolute Gasteiger partial charge is 0.481 e. The summed E-state index contributed by atoms with van der Waals surface area (Å²) in [5.74, 6) is -1.95. The molecule has 0 radical (unpaired) electrons. The molecule has 0 bridgehead atoms. The predicted octanol–water partition coefficient (Wildman–Crippen LogP) is 3.44. The number of hydrogen-bond donors (Lipinski definition) is 2. The summed E-state index contributed by atoms with van der Waals surface area (Å²) in [7, 11) is 0. The van der Waals surface area contributed by atoms with Crippen LogP contribution < -0.4 is 10.1 Å². The number of imide groups is 1. The molecule has 3 amide bonds. The summed E-state index contributed by atoms with van der Waals surface area (Å²) in [4.78, 5) is 49.1. The molecular formula is C22H20N2O6S. The number of anilines is 1. The van der Waals surface area contributed by atoms with Gasteiger partial charge in [0.05, 0.1) is 4.91 Å². The molecule has 9 heteroatoms. The molecule has 1 fully saturated rings. The first kappa shape index (κ1) is 22.1. The molecule has 3 rings (SSSR count). The molecule has 0 aliphatic carbocycles. The third-order valence-electron chi connectivity index (χ3n) is 4.52. The Morgan fingerprint density at radius 1 is 1.13 bits per heavy atom. The van der Waals surface area contributed by atoms with E-state index in [-0.39, 0.29) is 10.7 Å². The van der Waals surface area contributed by atoms with Crippen molar-refractivity contribution >= 4 is 46.5 Å². The molecule has 1 saturated heterocycles. The summed E-state index contributed by atoms with van der Waals surface area (Å²) in [6.45, 7) is 2.93. The van der Waals surface area contributed by atoms with Gasteiger partial charge in [0, 0.05) is 11.3 Å². The predicted molar refractivity (Wildman–Crippen MR) is 117 cm³/mol. The van der Waals surface area contributed by atoms with Crippen molar-refractivity contribution < 1.29 is 29.0 Å². The lowest BCUT2D eigenvalue weighted by Gasteiger charge is -2.13. The Bertz CT molecular complexity index is 1100. The molecule has 1 heterocycles. The number of benzene rings is 2. The molecule has 2 aromatic carbocycles. The maximum Gasteiger partial charge on any atom is 0.341 e. The van der Waals surface area contributed by atoms with Crippen LogP contribution in [0.25, 0.3) is 6.08 Å². The molecule has 0 saturated carbocycles. The van der Waals surface area contributed by atoms with E-state index in [1.807, 2.05) is 26.0 Å². The molecule has 0 aromatic heterocycles. The number of amides is 3. The van der Waals surface area contributed by atoms with E-state index in [1.165, 1.54) is 6.08 Å². The second-order valence-electron chi connectivity index (χ2n) is 6.84. The van der Waals surface area contributed by atoms with Crippen molar-refractivity contribution in [3.63, 3.8) is 0 Å². The van der Waals surface area contributed by atoms with E-state index in [1.54, 1.807) is 30.3 Å². The van der Waals surface area contributed by atoms with Crippen molar-refractivity contribution in [3.05, 3.63) is 64.1 Å². The zero-order valence-electron chi connectivity index (χ0n) is 16.9. The number of carbonyl (C=O) groups is 4. The van der Waals surface area contributed by atoms with Crippen LogP contribution in [0.4, 0.5) is 10.5 Å². The summed E-state index contributed by atoms with van der Waals surface area (Å²) < 4.78 is 5.22. The summed E-state index contributed by atoms with van der Waals surface area (Å²) in [6.07, 6.45) is 1.45. The van der Waals surface area contributed by atoms with E-state index >= 15 is 0 Å². The second kappa shape index (κ2) is 9.48. The SMILES string of the molecule is Cc1ccc(NC(=O)CN2C(=O)S/C(=C\c3ccccc3OCC(=O)O)C2=O)cc1C. The Labute approximate surface area is 182 Å². The summed E-state index contributed by atoms with van der Waals surface area (Å²) in [6, 6.07) is 12.0. The van der Waals surface area contributed by atoms with Crippen molar-refractivity contribution in [1.82, 2.24) is 4.90 Å². The highest BCUT2D eigenvalue weighted by Crippen LogP contribution is 2.34. The van der Waals surface area contributed by atoms with Gasteiger partial charge in [-0.2, -0.15) is 0 Å². The number of carbonyl (C=O) groups excluding carboxylic acids is 3. The Morgan fingerprint density at radius 2 is 1.87 bits per heavy atom. The number of ether oxygens (including phenoxy) is 1. The van der Waals surface area contributed by atoms with Gasteiger partial charge in [-0.3, -0.25) is 19.3 Å². The van der Waals surface area contributed by atoms with Crippen LogP contribution in [-0.4, -0.2) is 46.2 Å². The molecule has 2 N–H and O–H groups in total. The maximum absolute atomic E-state index is 12.7. The van der Waals surface area contributed by atoms with Gasteiger partial charge in [-0.05, 0) is 61.0 Å². The van der Waals surface area contributed by atoms with E-state index < -0.39 is 36.2 Å². The fourth-order valence-corrected chi connectivity index (χ4v) is 3.64. The first-order valence-electron chi connectivity index (χ1n) is 9.30. The van der Waals surface area contributed by atoms with Gasteiger partial charge in [0.1, 0.15) is 12.3 Å². The fraction of sp³-hybridized carbons (Fsp3) is 0.182. The Kier molecular flexibility index (Phi) is 6.76. The van der Waals surface area contributed by atoms with Gasteiger partial charge in [-0.15, -0.1) is 0 Å². The maximum atomic E-state index is 12.7. The van der Waals surface area contributed by atoms with Crippen LogP contribution in [0.15, 0.2) is 47.4 Å². The number of nitrogens with one attached hydrogen (secondary N) is 1. The van der Waals surface area contributed by atoms with Gasteiger partial charge >= 0.3 is 5.97 Å². The first-order chi connectivity index (χ1) is 14.7. The molecule has 2 aromatic rings. The normalized spacial score (nSPS) is 14.8. The van der Waals surface area contributed by atoms with Crippen molar-refractivity contribution in [2.24, 2.45) is 0 Å². The third kappa shape index (κ3) is 5.52. The number of carboxylic acid groups (broad SMARTS) is 1. The highest BCUT2D eigenvalue weighted by atomic mass is 32.2. The highest BCUT2D eigenvalue weighted by Gasteiger charge is 2.36. The Morgan fingerprint density at radius 3 is 2.58 bits per heavy atom. The number of aliphatic carboxylic acids is 1. The van der Waals surface area contributed by atoms with E-state index in [2.05, 4.69) is 5.32 Å². The van der Waals surface area contributed by atoms with Crippen molar-refractivity contribution in [1.29, 1.82) is 0 Å². The van der Waals surface area contributed by atoms with Gasteiger partial charge in [-0.25, -0.2) is 4.79 Å². The highest BCUT2D eigenvalue weighted by molar-refractivity contribution is 8.18. The van der Waals surface area contributed by atoms with Gasteiger partial charge in [0.15, 0.2) is 6.61 Å². The number of rotatable bonds is 7. The lowest BCUT2D eigenvalue weighted by molar-refractivity contribution is -0.139. The standard InChI is InChI=1S/C22H20N2O6S/c1-13-7-8-16(9-14(13)2)23-19(25)11-24-21(28)18(31-22(24)29)10-15-5-3-4-6-17(15)30-12-20(26)27/h3-10H,11-12H2,1-2H3,(H,23,25)(H,26,27)/b18-10-. The number of hydrogen-bond acceptors (Lipinski definition) is 6. The first-order valence-corrected chi connectivity index (χ1v) is 10.1. The van der Waals surface area contributed by atoms with Gasteiger partial charge in [0.2, 0.25) is 5.91 Å². The Balaban J connectivity index is 1.71. The average molecular weight is 440 g/mol. The zero-order chi connectivity index (χ0) is 22.5. The smallest absolute Gasteiger partial charge is 0.341 e. The summed E-state index contributed by atoms with van der Waals surface area (Å²) in [5.41, 5.74) is 3.13. The number of aryl methyl sites for hydroxylation is 2. The molecule has 0 atom stereocenters. The van der Waals surface area contributed by atoms with Crippen LogP contribution in [0.2, 0.25) is 0 Å². The molecule has 160 valence electrons. The number of nitrogens with zero attached hydrogens (tertiary/aromatic N) is 1. The lowest BCUT2D eigenvalue weighted by atomic mass is 10.1.